The van der Waals surface area contributed by atoms with E-state index >= 15 is 0 Å². The van der Waals surface area contributed by atoms with Gasteiger partial charge in [-0.15, -0.1) is 0 Å². The fourth-order valence-electron chi connectivity index (χ4n) is 2.09. The van der Waals surface area contributed by atoms with Gasteiger partial charge in [0.25, 0.3) is 0 Å². The zero-order valence-corrected chi connectivity index (χ0v) is 14.6. The first-order chi connectivity index (χ1) is 9.42. The van der Waals surface area contributed by atoms with E-state index in [0.29, 0.717) is 11.1 Å². The lowest BCUT2D eigenvalue weighted by Crippen LogP contribution is -2.05. The average Bonchev–Trinajstić information content (AvgIpc) is 2.39. The van der Waals surface area contributed by atoms with E-state index < -0.39 is 0 Å². The molecule has 0 radical (unpaired) electrons. The molecule has 0 saturated heterocycles. The van der Waals surface area contributed by atoms with Gasteiger partial charge in [0.15, 0.2) is 5.78 Å². The minimum absolute atomic E-state index is 0.00949. The largest absolute Gasteiger partial charge is 0.496 e. The van der Waals surface area contributed by atoms with E-state index in [1.54, 1.807) is 7.11 Å². The van der Waals surface area contributed by atoms with Crippen LogP contribution in [0.4, 0.5) is 0 Å². The quantitative estimate of drug-likeness (QED) is 0.676. The lowest BCUT2D eigenvalue weighted by Gasteiger charge is -2.11. The lowest BCUT2D eigenvalue weighted by molar-refractivity contribution is 0.103. The van der Waals surface area contributed by atoms with Crippen LogP contribution in [0.3, 0.4) is 0 Å². The van der Waals surface area contributed by atoms with Crippen LogP contribution in [0.1, 0.15) is 27.0 Å². The molecule has 0 bridgehead atoms. The molecule has 0 amide bonds. The zero-order chi connectivity index (χ0) is 14.9. The summed E-state index contributed by atoms with van der Waals surface area (Å²) in [5, 5.41) is 0. The van der Waals surface area contributed by atoms with Crippen LogP contribution in [-0.2, 0) is 0 Å². The second kappa shape index (κ2) is 6.10. The van der Waals surface area contributed by atoms with E-state index in [1.807, 2.05) is 44.2 Å². The van der Waals surface area contributed by atoms with E-state index in [-0.39, 0.29) is 5.78 Å². The minimum Gasteiger partial charge on any atom is -0.496 e. The number of carbonyl (C=O) groups is 1. The predicted octanol–water partition coefficient (Wildman–Crippen LogP) is 5.07. The molecular formula is C16H14Br2O2. The number of benzene rings is 2. The number of aryl methyl sites for hydroxylation is 2. The van der Waals surface area contributed by atoms with Crippen molar-refractivity contribution in [2.24, 2.45) is 0 Å². The average molecular weight is 398 g/mol. The molecular weight excluding hydrogens is 384 g/mol. The first-order valence-electron chi connectivity index (χ1n) is 6.08. The zero-order valence-electron chi connectivity index (χ0n) is 11.5. The normalized spacial score (nSPS) is 10.4. The number of hydrogen-bond donors (Lipinski definition) is 0. The summed E-state index contributed by atoms with van der Waals surface area (Å²) in [6, 6.07) is 9.34. The molecule has 0 aliphatic carbocycles. The number of carbonyl (C=O) groups excluding carboxylic acids is 1. The summed E-state index contributed by atoms with van der Waals surface area (Å²) in [5.41, 5.74) is 3.22. The van der Waals surface area contributed by atoms with Crippen LogP contribution in [0.5, 0.6) is 5.75 Å². The molecule has 2 nitrogen and oxygen atoms in total. The van der Waals surface area contributed by atoms with Gasteiger partial charge in [-0.05, 0) is 55.3 Å². The highest BCUT2D eigenvalue weighted by Crippen LogP contribution is 2.26. The highest BCUT2D eigenvalue weighted by molar-refractivity contribution is 9.11. The van der Waals surface area contributed by atoms with Gasteiger partial charge in [-0.2, -0.15) is 0 Å². The summed E-state index contributed by atoms with van der Waals surface area (Å²) in [5.74, 6) is 0.810. The summed E-state index contributed by atoms with van der Waals surface area (Å²) in [4.78, 5) is 12.6. The molecule has 0 unspecified atom stereocenters. The third-order valence-electron chi connectivity index (χ3n) is 3.11. The molecule has 4 heteroatoms. The van der Waals surface area contributed by atoms with Crippen molar-refractivity contribution in [1.82, 2.24) is 0 Å². The Morgan fingerprint density at radius 2 is 1.55 bits per heavy atom. The van der Waals surface area contributed by atoms with Gasteiger partial charge < -0.3 is 4.74 Å². The number of rotatable bonds is 3. The Labute approximate surface area is 135 Å². The van der Waals surface area contributed by atoms with Gasteiger partial charge in [-0.25, -0.2) is 0 Å². The van der Waals surface area contributed by atoms with Crippen LogP contribution >= 0.6 is 31.9 Å². The first kappa shape index (κ1) is 15.3. The molecule has 2 rings (SSSR count). The van der Waals surface area contributed by atoms with E-state index in [9.17, 15) is 4.79 Å². The van der Waals surface area contributed by atoms with E-state index in [0.717, 1.165) is 25.8 Å². The van der Waals surface area contributed by atoms with Crippen LogP contribution in [0.15, 0.2) is 39.3 Å². The Bertz CT molecular complexity index is 658. The highest BCUT2D eigenvalue weighted by Gasteiger charge is 2.15. The monoisotopic (exact) mass is 396 g/mol. The van der Waals surface area contributed by atoms with E-state index in [1.165, 1.54) is 0 Å². The van der Waals surface area contributed by atoms with Gasteiger partial charge in [0.2, 0.25) is 0 Å². The molecule has 2 aromatic rings. The first-order valence-corrected chi connectivity index (χ1v) is 7.67. The fourth-order valence-corrected chi connectivity index (χ4v) is 3.39. The van der Waals surface area contributed by atoms with Crippen LogP contribution in [0.2, 0.25) is 0 Å². The summed E-state index contributed by atoms with van der Waals surface area (Å²) in [7, 11) is 1.63. The van der Waals surface area contributed by atoms with Gasteiger partial charge in [0.05, 0.1) is 7.11 Å². The molecule has 20 heavy (non-hydrogen) atoms. The summed E-state index contributed by atoms with van der Waals surface area (Å²) in [6.07, 6.45) is 0. The van der Waals surface area contributed by atoms with Crippen molar-refractivity contribution in [2.75, 3.05) is 7.11 Å². The Morgan fingerprint density at radius 3 is 2.10 bits per heavy atom. The maximum Gasteiger partial charge on any atom is 0.193 e. The standard InChI is InChI=1S/C16H14Br2O2/c1-9-5-15(20-3)10(2)4-14(9)16(19)11-6-12(17)8-13(18)7-11/h4-8H,1-3H3. The second-order valence-electron chi connectivity index (χ2n) is 4.62. The van der Waals surface area contributed by atoms with Crippen LogP contribution in [0.25, 0.3) is 0 Å². The van der Waals surface area contributed by atoms with Crippen molar-refractivity contribution in [3.8, 4) is 5.75 Å². The Balaban J connectivity index is 2.50. The van der Waals surface area contributed by atoms with Crippen molar-refractivity contribution in [3.05, 3.63) is 61.5 Å². The van der Waals surface area contributed by atoms with E-state index in [4.69, 9.17) is 4.74 Å². The van der Waals surface area contributed by atoms with Gasteiger partial charge in [0.1, 0.15) is 5.75 Å². The second-order valence-corrected chi connectivity index (χ2v) is 6.46. The van der Waals surface area contributed by atoms with Gasteiger partial charge in [0, 0.05) is 20.1 Å². The van der Waals surface area contributed by atoms with Crippen LogP contribution in [0, 0.1) is 13.8 Å². The molecule has 0 atom stereocenters. The number of ether oxygens (including phenoxy) is 1. The van der Waals surface area contributed by atoms with Crippen molar-refractivity contribution in [3.63, 3.8) is 0 Å². The molecule has 104 valence electrons. The maximum absolute atomic E-state index is 12.6. The molecule has 0 N–H and O–H groups in total. The molecule has 0 heterocycles. The molecule has 0 spiro atoms. The Kier molecular flexibility index (Phi) is 4.66. The molecule has 0 saturated carbocycles. The van der Waals surface area contributed by atoms with Crippen molar-refractivity contribution in [1.29, 1.82) is 0 Å². The minimum atomic E-state index is 0.00949. The molecule has 0 fully saturated rings. The summed E-state index contributed by atoms with van der Waals surface area (Å²) < 4.78 is 7.02. The van der Waals surface area contributed by atoms with Crippen molar-refractivity contribution >= 4 is 37.6 Å². The van der Waals surface area contributed by atoms with Gasteiger partial charge >= 0.3 is 0 Å². The molecule has 0 aliphatic heterocycles. The van der Waals surface area contributed by atoms with Gasteiger partial charge in [-0.3, -0.25) is 4.79 Å². The number of halogens is 2. The van der Waals surface area contributed by atoms with Crippen molar-refractivity contribution < 1.29 is 9.53 Å². The number of ketones is 1. The summed E-state index contributed by atoms with van der Waals surface area (Å²) in [6.45, 7) is 3.86. The van der Waals surface area contributed by atoms with Crippen LogP contribution < -0.4 is 4.74 Å². The molecule has 0 aromatic heterocycles. The Hall–Kier alpha value is -1.13. The third kappa shape index (κ3) is 3.13. The topological polar surface area (TPSA) is 26.3 Å². The third-order valence-corrected chi connectivity index (χ3v) is 4.03. The molecule has 0 aliphatic rings. The van der Waals surface area contributed by atoms with E-state index in [2.05, 4.69) is 31.9 Å². The number of hydrogen-bond acceptors (Lipinski definition) is 2. The number of methoxy groups -OCH3 is 1. The SMILES string of the molecule is COc1cc(C)c(C(=O)c2cc(Br)cc(Br)c2)cc1C. The highest BCUT2D eigenvalue weighted by atomic mass is 79.9. The smallest absolute Gasteiger partial charge is 0.193 e. The van der Waals surface area contributed by atoms with Gasteiger partial charge in [-0.1, -0.05) is 31.9 Å². The van der Waals surface area contributed by atoms with Crippen molar-refractivity contribution in [2.45, 2.75) is 13.8 Å². The fraction of sp³-hybridized carbons (Fsp3) is 0.188. The maximum atomic E-state index is 12.6. The molecule has 2 aromatic carbocycles. The predicted molar refractivity (Wildman–Crippen MR) is 87.7 cm³/mol. The Morgan fingerprint density at radius 1 is 0.950 bits per heavy atom. The van der Waals surface area contributed by atoms with Crippen LogP contribution in [-0.4, -0.2) is 12.9 Å². The lowest BCUT2D eigenvalue weighted by atomic mass is 9.97. The summed E-state index contributed by atoms with van der Waals surface area (Å²) >= 11 is 6.81.